The zero-order valence-electron chi connectivity index (χ0n) is 14.9. The van der Waals surface area contributed by atoms with Gasteiger partial charge < -0.3 is 24.1 Å². The highest BCUT2D eigenvalue weighted by Crippen LogP contribution is 2.36. The molecule has 0 atom stereocenters. The van der Waals surface area contributed by atoms with Crippen LogP contribution in [0.15, 0.2) is 48.5 Å². The topological polar surface area (TPSA) is 103 Å². The van der Waals surface area contributed by atoms with Gasteiger partial charge in [-0.3, -0.25) is 0 Å². The van der Waals surface area contributed by atoms with Crippen molar-refractivity contribution < 1.29 is 28.9 Å². The first-order valence-corrected chi connectivity index (χ1v) is 8.56. The van der Waals surface area contributed by atoms with Gasteiger partial charge in [0.15, 0.2) is 17.2 Å². The van der Waals surface area contributed by atoms with Gasteiger partial charge in [0.05, 0.1) is 24.0 Å². The van der Waals surface area contributed by atoms with Crippen molar-refractivity contribution in [1.29, 1.82) is 0 Å². The van der Waals surface area contributed by atoms with E-state index in [0.717, 1.165) is 0 Å². The fourth-order valence-electron chi connectivity index (χ4n) is 2.89. The molecule has 0 N–H and O–H groups in total. The van der Waals surface area contributed by atoms with Gasteiger partial charge in [0.2, 0.25) is 6.79 Å². The van der Waals surface area contributed by atoms with E-state index in [2.05, 4.69) is 5.10 Å². The zero-order valence-corrected chi connectivity index (χ0v) is 14.9. The smallest absolute Gasteiger partial charge is 0.357 e. The van der Waals surface area contributed by atoms with Crippen molar-refractivity contribution in [3.05, 3.63) is 59.8 Å². The number of benzene rings is 2. The highest BCUT2D eigenvalue weighted by atomic mass is 16.7. The predicted molar refractivity (Wildman–Crippen MR) is 95.4 cm³/mol. The van der Waals surface area contributed by atoms with E-state index in [9.17, 15) is 14.7 Å². The van der Waals surface area contributed by atoms with Gasteiger partial charge >= 0.3 is 5.97 Å². The molecule has 1 aliphatic heterocycles. The van der Waals surface area contributed by atoms with E-state index >= 15 is 0 Å². The molecule has 0 fully saturated rings. The second-order valence-corrected chi connectivity index (χ2v) is 5.95. The van der Waals surface area contributed by atoms with Crippen LogP contribution >= 0.6 is 0 Å². The normalized spacial score (nSPS) is 12.0. The molecule has 0 unspecified atom stereocenters. The molecule has 3 aromatic rings. The Hall–Kier alpha value is -3.81. The number of nitrogens with zero attached hydrogens (tertiary/aromatic N) is 2. The van der Waals surface area contributed by atoms with Gasteiger partial charge in [-0.2, -0.15) is 5.10 Å². The standard InChI is InChI=1S/C20H16N2O6/c1-2-26-20(25)16-10-15(12-6-7-17-18(9-12)28-11-27-17)21-22(16)14-5-3-4-13(8-14)19(23)24/h3-10H,2,11H2,1H3,(H,23,24)/p-1. The summed E-state index contributed by atoms with van der Waals surface area (Å²) in [7, 11) is 0. The van der Waals surface area contributed by atoms with Crippen molar-refractivity contribution in [2.24, 2.45) is 0 Å². The van der Waals surface area contributed by atoms with E-state index in [4.69, 9.17) is 14.2 Å². The quantitative estimate of drug-likeness (QED) is 0.623. The molecule has 0 aliphatic carbocycles. The summed E-state index contributed by atoms with van der Waals surface area (Å²) in [5.41, 5.74) is 1.76. The van der Waals surface area contributed by atoms with Crippen molar-refractivity contribution >= 4 is 11.9 Å². The molecule has 1 aromatic heterocycles. The average Bonchev–Trinajstić information content (AvgIpc) is 3.34. The Balaban J connectivity index is 1.82. The van der Waals surface area contributed by atoms with Crippen LogP contribution in [-0.2, 0) is 4.74 Å². The monoisotopic (exact) mass is 379 g/mol. The third kappa shape index (κ3) is 3.16. The summed E-state index contributed by atoms with van der Waals surface area (Å²) in [6.07, 6.45) is 0. The summed E-state index contributed by atoms with van der Waals surface area (Å²) in [6.45, 7) is 2.05. The molecule has 28 heavy (non-hydrogen) atoms. The number of fused-ring (bicyclic) bond motifs is 1. The zero-order chi connectivity index (χ0) is 19.7. The van der Waals surface area contributed by atoms with Crippen LogP contribution in [0.4, 0.5) is 0 Å². The van der Waals surface area contributed by atoms with Crippen LogP contribution in [0.3, 0.4) is 0 Å². The molecule has 2 heterocycles. The molecule has 2 aromatic carbocycles. The highest BCUT2D eigenvalue weighted by molar-refractivity contribution is 5.90. The minimum atomic E-state index is -1.32. The van der Waals surface area contributed by atoms with Crippen LogP contribution in [-0.4, -0.2) is 35.1 Å². The molecule has 0 bridgehead atoms. The Bertz CT molecular complexity index is 1070. The van der Waals surface area contributed by atoms with Gasteiger partial charge in [0.1, 0.15) is 0 Å². The third-order valence-corrected chi connectivity index (χ3v) is 4.19. The maximum atomic E-state index is 12.4. The molecule has 0 amide bonds. The maximum Gasteiger partial charge on any atom is 0.357 e. The minimum absolute atomic E-state index is 0.0209. The van der Waals surface area contributed by atoms with Crippen LogP contribution in [0.2, 0.25) is 0 Å². The average molecular weight is 379 g/mol. The van der Waals surface area contributed by atoms with Crippen LogP contribution in [0, 0.1) is 0 Å². The van der Waals surface area contributed by atoms with Gasteiger partial charge in [-0.15, -0.1) is 0 Å². The fourth-order valence-corrected chi connectivity index (χ4v) is 2.89. The first kappa shape index (κ1) is 17.6. The maximum absolute atomic E-state index is 12.4. The molecule has 4 rings (SSSR count). The number of hydrogen-bond acceptors (Lipinski definition) is 7. The van der Waals surface area contributed by atoms with Gasteiger partial charge in [-0.25, -0.2) is 9.48 Å². The Labute approximate surface area is 159 Å². The first-order valence-electron chi connectivity index (χ1n) is 8.56. The van der Waals surface area contributed by atoms with E-state index in [1.54, 1.807) is 43.3 Å². The lowest BCUT2D eigenvalue weighted by atomic mass is 10.1. The summed E-state index contributed by atoms with van der Waals surface area (Å²) < 4.78 is 17.2. The Morgan fingerprint density at radius 2 is 1.96 bits per heavy atom. The van der Waals surface area contributed by atoms with E-state index in [1.165, 1.54) is 16.8 Å². The highest BCUT2D eigenvalue weighted by Gasteiger charge is 2.21. The van der Waals surface area contributed by atoms with Gasteiger partial charge in [-0.1, -0.05) is 12.1 Å². The molecule has 0 saturated carbocycles. The van der Waals surface area contributed by atoms with Crippen molar-refractivity contribution in [1.82, 2.24) is 9.78 Å². The van der Waals surface area contributed by atoms with Crippen LogP contribution < -0.4 is 14.6 Å². The van der Waals surface area contributed by atoms with Gasteiger partial charge in [0.25, 0.3) is 0 Å². The Morgan fingerprint density at radius 1 is 1.14 bits per heavy atom. The summed E-state index contributed by atoms with van der Waals surface area (Å²) in [5.74, 6) is -0.664. The lowest BCUT2D eigenvalue weighted by molar-refractivity contribution is -0.255. The summed E-state index contributed by atoms with van der Waals surface area (Å²) in [5, 5.41) is 15.7. The van der Waals surface area contributed by atoms with E-state index in [0.29, 0.717) is 28.4 Å². The van der Waals surface area contributed by atoms with Crippen molar-refractivity contribution in [2.75, 3.05) is 13.4 Å². The largest absolute Gasteiger partial charge is 0.545 e. The third-order valence-electron chi connectivity index (χ3n) is 4.19. The molecule has 142 valence electrons. The number of aromatic nitrogens is 2. The summed E-state index contributed by atoms with van der Waals surface area (Å²) in [4.78, 5) is 23.6. The number of aromatic carboxylic acids is 1. The van der Waals surface area contributed by atoms with E-state index < -0.39 is 11.9 Å². The Kier molecular flexibility index (Phi) is 4.44. The van der Waals surface area contributed by atoms with E-state index in [-0.39, 0.29) is 24.7 Å². The number of carboxylic acid groups (broad SMARTS) is 1. The Morgan fingerprint density at radius 3 is 2.75 bits per heavy atom. The number of ether oxygens (including phenoxy) is 3. The van der Waals surface area contributed by atoms with Crippen molar-refractivity contribution in [2.45, 2.75) is 6.92 Å². The molecule has 0 saturated heterocycles. The number of esters is 1. The molecular formula is C20H15N2O6-. The second kappa shape index (κ2) is 7.07. The molecule has 0 spiro atoms. The number of rotatable bonds is 5. The fraction of sp³-hybridized carbons (Fsp3) is 0.150. The number of hydrogen-bond donors (Lipinski definition) is 0. The van der Waals surface area contributed by atoms with Gasteiger partial charge in [0, 0.05) is 5.56 Å². The number of carbonyl (C=O) groups is 2. The summed E-state index contributed by atoms with van der Waals surface area (Å²) in [6, 6.07) is 12.9. The first-order chi connectivity index (χ1) is 13.6. The van der Waals surface area contributed by atoms with Crippen molar-refractivity contribution in [3.63, 3.8) is 0 Å². The molecular weight excluding hydrogens is 364 g/mol. The summed E-state index contributed by atoms with van der Waals surface area (Å²) >= 11 is 0. The predicted octanol–water partition coefficient (Wildman–Crippen LogP) is 1.81. The number of carbonyl (C=O) groups excluding carboxylic acids is 2. The molecule has 8 heteroatoms. The van der Waals surface area contributed by atoms with Crippen LogP contribution in [0.25, 0.3) is 16.9 Å². The van der Waals surface area contributed by atoms with Crippen molar-refractivity contribution in [3.8, 4) is 28.4 Å². The minimum Gasteiger partial charge on any atom is -0.545 e. The molecule has 8 nitrogen and oxygen atoms in total. The second-order valence-electron chi connectivity index (χ2n) is 5.95. The molecule has 1 aliphatic rings. The lowest BCUT2D eigenvalue weighted by Gasteiger charge is -2.09. The number of carboxylic acids is 1. The van der Waals surface area contributed by atoms with E-state index in [1.807, 2.05) is 0 Å². The van der Waals surface area contributed by atoms with Crippen LogP contribution in [0.5, 0.6) is 11.5 Å². The lowest BCUT2D eigenvalue weighted by Crippen LogP contribution is -2.22. The van der Waals surface area contributed by atoms with Crippen LogP contribution in [0.1, 0.15) is 27.8 Å². The van der Waals surface area contributed by atoms with Gasteiger partial charge in [-0.05, 0) is 48.9 Å². The molecule has 0 radical (unpaired) electrons. The SMILES string of the molecule is CCOC(=O)c1cc(-c2ccc3c(c2)OCO3)nn1-c1cccc(C(=O)[O-])c1.